The van der Waals surface area contributed by atoms with E-state index >= 15 is 0 Å². The number of hydrogen-bond acceptors (Lipinski definition) is 2. The van der Waals surface area contributed by atoms with E-state index in [0.29, 0.717) is 0 Å². The van der Waals surface area contributed by atoms with Crippen LogP contribution in [0.5, 0.6) is 0 Å². The van der Waals surface area contributed by atoms with Crippen LogP contribution in [0, 0.1) is 0 Å². The Balaban J connectivity index is 0.940. The largest absolute Gasteiger partial charge is 0.454 e. The van der Waals surface area contributed by atoms with Crippen molar-refractivity contribution in [2.24, 2.45) is 0 Å². The van der Waals surface area contributed by atoms with E-state index in [1.807, 2.05) is 12.1 Å². The monoisotopic (exact) mass is 752 g/mol. The molecule has 2 aromatic heterocycles. The van der Waals surface area contributed by atoms with E-state index in [2.05, 4.69) is 216 Å². The number of para-hydroxylation sites is 3. The summed E-state index contributed by atoms with van der Waals surface area (Å²) in [6.07, 6.45) is 0. The van der Waals surface area contributed by atoms with Gasteiger partial charge in [-0.3, -0.25) is 0 Å². The van der Waals surface area contributed by atoms with Crippen LogP contribution in [0.3, 0.4) is 0 Å². The average molecular weight is 753 g/mol. The molecule has 0 atom stereocenters. The van der Waals surface area contributed by atoms with Gasteiger partial charge in [-0.15, -0.1) is 0 Å². The summed E-state index contributed by atoms with van der Waals surface area (Å²) in [5.74, 6) is 0. The Labute approximate surface area is 341 Å². The van der Waals surface area contributed by atoms with Gasteiger partial charge < -0.3 is 13.9 Å². The maximum atomic E-state index is 6.61. The van der Waals surface area contributed by atoms with Crippen LogP contribution in [-0.4, -0.2) is 4.57 Å². The van der Waals surface area contributed by atoms with E-state index in [-0.39, 0.29) is 0 Å². The van der Waals surface area contributed by atoms with Gasteiger partial charge in [-0.25, -0.2) is 0 Å². The standard InChI is InChI=1S/C56H36N2O/c1-2-13-42-36-54-51(35-41(42)12-1)48-16-5-7-20-52(48)58(54)45-31-25-38(26-32-45)37-23-29-43(30-24-37)57(53-21-10-19-50-49-17-6-8-22-55(49)59-56(50)53)44-33-27-40(28-34-44)47-18-9-14-39-11-3-4-15-46(39)47/h1-36H. The summed E-state index contributed by atoms with van der Waals surface area (Å²) in [6.45, 7) is 0. The molecule has 0 unspecified atom stereocenters. The number of rotatable bonds is 6. The van der Waals surface area contributed by atoms with Crippen LogP contribution in [0.2, 0.25) is 0 Å². The highest BCUT2D eigenvalue weighted by Gasteiger charge is 2.20. The third-order valence-corrected chi connectivity index (χ3v) is 12.0. The molecule has 0 aliphatic carbocycles. The van der Waals surface area contributed by atoms with E-state index < -0.39 is 0 Å². The molecule has 0 aliphatic heterocycles. The lowest BCUT2D eigenvalue weighted by molar-refractivity contribution is 0.669. The molecule has 0 spiro atoms. The molecule has 0 fully saturated rings. The van der Waals surface area contributed by atoms with Crippen molar-refractivity contribution in [3.63, 3.8) is 0 Å². The third-order valence-electron chi connectivity index (χ3n) is 12.0. The first-order valence-corrected chi connectivity index (χ1v) is 20.2. The number of benzene rings is 10. The van der Waals surface area contributed by atoms with Crippen molar-refractivity contribution in [2.45, 2.75) is 0 Å². The van der Waals surface area contributed by atoms with Gasteiger partial charge in [-0.2, -0.15) is 0 Å². The average Bonchev–Trinajstić information content (AvgIpc) is 3.85. The minimum Gasteiger partial charge on any atom is -0.454 e. The van der Waals surface area contributed by atoms with Crippen molar-refractivity contribution in [2.75, 3.05) is 4.90 Å². The zero-order valence-electron chi connectivity index (χ0n) is 32.1. The van der Waals surface area contributed by atoms with Crippen LogP contribution in [0.1, 0.15) is 0 Å². The van der Waals surface area contributed by atoms with Crippen molar-refractivity contribution in [1.29, 1.82) is 0 Å². The molecule has 0 saturated heterocycles. The molecule has 0 aliphatic rings. The second-order valence-corrected chi connectivity index (χ2v) is 15.3. The lowest BCUT2D eigenvalue weighted by Crippen LogP contribution is -2.10. The van der Waals surface area contributed by atoms with Crippen LogP contribution >= 0.6 is 0 Å². The van der Waals surface area contributed by atoms with Gasteiger partial charge in [0.05, 0.1) is 16.7 Å². The van der Waals surface area contributed by atoms with E-state index in [0.717, 1.165) is 55.8 Å². The molecule has 276 valence electrons. The lowest BCUT2D eigenvalue weighted by atomic mass is 9.98. The number of furan rings is 1. The van der Waals surface area contributed by atoms with Gasteiger partial charge >= 0.3 is 0 Å². The number of nitrogens with zero attached hydrogens (tertiary/aromatic N) is 2. The second-order valence-electron chi connectivity index (χ2n) is 15.3. The Morgan fingerprint density at radius 3 is 1.68 bits per heavy atom. The molecule has 0 saturated carbocycles. The Morgan fingerprint density at radius 1 is 0.356 bits per heavy atom. The second kappa shape index (κ2) is 13.4. The fourth-order valence-electron chi connectivity index (χ4n) is 9.14. The highest BCUT2D eigenvalue weighted by Crippen LogP contribution is 2.43. The number of anilines is 3. The molecule has 0 radical (unpaired) electrons. The van der Waals surface area contributed by atoms with Gasteiger partial charge in [-0.05, 0) is 111 Å². The van der Waals surface area contributed by atoms with Crippen LogP contribution < -0.4 is 4.90 Å². The first-order valence-electron chi connectivity index (χ1n) is 20.2. The highest BCUT2D eigenvalue weighted by molar-refractivity contribution is 6.14. The lowest BCUT2D eigenvalue weighted by Gasteiger charge is -2.26. The predicted octanol–water partition coefficient (Wildman–Crippen LogP) is 15.8. The van der Waals surface area contributed by atoms with Crippen molar-refractivity contribution in [1.82, 2.24) is 4.57 Å². The summed E-state index contributed by atoms with van der Waals surface area (Å²) in [5, 5.41) is 9.73. The molecule has 2 heterocycles. The minimum absolute atomic E-state index is 0.865. The van der Waals surface area contributed by atoms with Crippen LogP contribution in [-0.2, 0) is 0 Å². The Bertz CT molecular complexity index is 3530. The van der Waals surface area contributed by atoms with Gasteiger partial charge in [-0.1, -0.05) is 152 Å². The highest BCUT2D eigenvalue weighted by atomic mass is 16.3. The Hall–Kier alpha value is -7.88. The molecule has 3 nitrogen and oxygen atoms in total. The summed E-state index contributed by atoms with van der Waals surface area (Å²) in [7, 11) is 0. The predicted molar refractivity (Wildman–Crippen MR) is 249 cm³/mol. The summed E-state index contributed by atoms with van der Waals surface area (Å²) < 4.78 is 9.01. The van der Waals surface area contributed by atoms with E-state index in [1.165, 1.54) is 54.5 Å². The molecule has 59 heavy (non-hydrogen) atoms. The molecular formula is C56H36N2O. The third kappa shape index (κ3) is 5.44. The van der Waals surface area contributed by atoms with Crippen molar-refractivity contribution < 1.29 is 4.42 Å². The van der Waals surface area contributed by atoms with Gasteiger partial charge in [0.15, 0.2) is 5.58 Å². The summed E-state index contributed by atoms with van der Waals surface area (Å²) in [6, 6.07) is 78.6. The number of fused-ring (bicyclic) bond motifs is 8. The normalized spacial score (nSPS) is 11.7. The van der Waals surface area contributed by atoms with Gasteiger partial charge in [0.2, 0.25) is 0 Å². The Kier molecular flexibility index (Phi) is 7.54. The first kappa shape index (κ1) is 33.3. The first-order chi connectivity index (χ1) is 29.2. The van der Waals surface area contributed by atoms with Crippen molar-refractivity contribution in [3.8, 4) is 27.9 Å². The summed E-state index contributed by atoms with van der Waals surface area (Å²) in [4.78, 5) is 2.32. The topological polar surface area (TPSA) is 21.3 Å². The quantitative estimate of drug-likeness (QED) is 0.169. The molecule has 12 rings (SSSR count). The Morgan fingerprint density at radius 2 is 0.915 bits per heavy atom. The van der Waals surface area contributed by atoms with Crippen LogP contribution in [0.15, 0.2) is 223 Å². The number of hydrogen-bond donors (Lipinski definition) is 0. The van der Waals surface area contributed by atoms with Crippen molar-refractivity contribution in [3.05, 3.63) is 218 Å². The zero-order valence-corrected chi connectivity index (χ0v) is 32.1. The molecule has 0 bridgehead atoms. The van der Waals surface area contributed by atoms with Crippen molar-refractivity contribution >= 4 is 82.4 Å². The smallest absolute Gasteiger partial charge is 0.159 e. The van der Waals surface area contributed by atoms with E-state index in [4.69, 9.17) is 4.42 Å². The summed E-state index contributed by atoms with van der Waals surface area (Å²) >= 11 is 0. The molecule has 0 N–H and O–H groups in total. The van der Waals surface area contributed by atoms with Crippen LogP contribution in [0.25, 0.3) is 93.2 Å². The molecule has 0 amide bonds. The molecule has 12 aromatic rings. The minimum atomic E-state index is 0.865. The maximum absolute atomic E-state index is 6.61. The number of aromatic nitrogens is 1. The van der Waals surface area contributed by atoms with Gasteiger partial charge in [0.1, 0.15) is 5.58 Å². The van der Waals surface area contributed by atoms with E-state index in [9.17, 15) is 0 Å². The summed E-state index contributed by atoms with van der Waals surface area (Å²) in [5.41, 5.74) is 13.1. The molecule has 3 heteroatoms. The van der Waals surface area contributed by atoms with Gasteiger partial charge in [0.25, 0.3) is 0 Å². The molecule has 10 aromatic carbocycles. The SMILES string of the molecule is c1ccc2cc3c(cc2c1)c1ccccc1n3-c1ccc(-c2ccc(N(c3ccc(-c4cccc5ccccc45)cc3)c3cccc4c3oc3ccccc34)cc2)cc1. The molecular weight excluding hydrogens is 717 g/mol. The van der Waals surface area contributed by atoms with Gasteiger partial charge in [0, 0.05) is 38.6 Å². The fourth-order valence-corrected chi connectivity index (χ4v) is 9.14. The van der Waals surface area contributed by atoms with Crippen LogP contribution in [0.4, 0.5) is 17.1 Å². The zero-order chi connectivity index (χ0) is 38.9. The van der Waals surface area contributed by atoms with E-state index in [1.54, 1.807) is 0 Å². The maximum Gasteiger partial charge on any atom is 0.159 e. The fraction of sp³-hybridized carbons (Fsp3) is 0.